The van der Waals surface area contributed by atoms with Gasteiger partial charge in [0.2, 0.25) is 0 Å². The molecule has 2 unspecified atom stereocenters. The van der Waals surface area contributed by atoms with Crippen LogP contribution >= 0.6 is 0 Å². The molecule has 0 spiro atoms. The molecule has 2 bridgehead atoms. The van der Waals surface area contributed by atoms with Crippen molar-refractivity contribution in [2.24, 2.45) is 27.6 Å². The third kappa shape index (κ3) is 5.15. The maximum Gasteiger partial charge on any atom is 0.156 e. The van der Waals surface area contributed by atoms with Gasteiger partial charge in [0.15, 0.2) is 5.79 Å². The number of nitrogens with zero attached hydrogens (tertiary/aromatic N) is 3. The van der Waals surface area contributed by atoms with Gasteiger partial charge in [-0.05, 0) is 51.6 Å². The summed E-state index contributed by atoms with van der Waals surface area (Å²) in [5.41, 5.74) is 5.78. The second kappa shape index (κ2) is 7.92. The van der Waals surface area contributed by atoms with Crippen LogP contribution < -0.4 is 11.1 Å². The van der Waals surface area contributed by atoms with E-state index in [9.17, 15) is 0 Å². The Balaban J connectivity index is 0.000000368. The van der Waals surface area contributed by atoms with Crippen molar-refractivity contribution in [1.29, 1.82) is 0 Å². The molecule has 2 heterocycles. The number of aliphatic imine (C=N–C) groups is 2. The lowest BCUT2D eigenvalue weighted by molar-refractivity contribution is -0.127. The molecule has 0 saturated heterocycles. The van der Waals surface area contributed by atoms with Crippen LogP contribution in [0.5, 0.6) is 0 Å². The Labute approximate surface area is 143 Å². The maximum atomic E-state index is 8.08. The Morgan fingerprint density at radius 2 is 2.12 bits per heavy atom. The van der Waals surface area contributed by atoms with Gasteiger partial charge in [0.1, 0.15) is 11.7 Å². The number of hydrogen-bond donors (Lipinski definition) is 4. The van der Waals surface area contributed by atoms with Crippen molar-refractivity contribution >= 4 is 12.2 Å². The van der Waals surface area contributed by atoms with Crippen molar-refractivity contribution in [3.05, 3.63) is 24.2 Å². The number of amidine groups is 1. The smallest absolute Gasteiger partial charge is 0.156 e. The molecule has 0 aromatic heterocycles. The highest BCUT2D eigenvalue weighted by molar-refractivity contribution is 5.96. The molecule has 3 aliphatic rings. The minimum absolute atomic E-state index is 0.213. The molecule has 2 aliphatic heterocycles. The largest absolute Gasteiger partial charge is 0.366 e. The molecule has 5 N–H and O–H groups in total. The van der Waals surface area contributed by atoms with E-state index in [2.05, 4.69) is 38.6 Å². The third-order valence-electron chi connectivity index (χ3n) is 4.25. The second-order valence-electron chi connectivity index (χ2n) is 6.87. The molecule has 3 rings (SSSR count). The Morgan fingerprint density at radius 1 is 1.42 bits per heavy atom. The molecule has 7 nitrogen and oxygen atoms in total. The fraction of sp³-hybridized carbons (Fsp3) is 0.647. The zero-order chi connectivity index (χ0) is 17.7. The molecule has 134 valence electrons. The summed E-state index contributed by atoms with van der Waals surface area (Å²) in [7, 11) is 1.80. The SMILES string of the molecule is CC(C)(O)O.CN=C1NC=NC2=CC1C=CN2C1CC[C@@H](CN)C1. The van der Waals surface area contributed by atoms with Gasteiger partial charge in [0, 0.05) is 19.3 Å². The van der Waals surface area contributed by atoms with Gasteiger partial charge >= 0.3 is 0 Å². The van der Waals surface area contributed by atoms with Gasteiger partial charge in [-0.15, -0.1) is 0 Å². The standard InChI is InChI=1S/C14H21N5.C3H8O2/c1-16-14-11-4-5-19(13(7-11)17-9-18-14)12-3-2-10(6-12)8-15;1-3(2,4)5/h4-5,7,9-12H,2-3,6,8,15H2,1H3,(H,16,17,18);4-5H,1-2H3/t10-,11?,12?;/m1./s1. The summed E-state index contributed by atoms with van der Waals surface area (Å²) in [6.07, 6.45) is 11.9. The Bertz CT molecular complexity index is 542. The van der Waals surface area contributed by atoms with E-state index in [1.807, 2.05) is 0 Å². The van der Waals surface area contributed by atoms with Crippen LogP contribution in [0.4, 0.5) is 0 Å². The summed E-state index contributed by atoms with van der Waals surface area (Å²) in [6.45, 7) is 3.40. The van der Waals surface area contributed by atoms with Gasteiger partial charge in [0.05, 0.1) is 12.3 Å². The lowest BCUT2D eigenvalue weighted by Crippen LogP contribution is -2.31. The first-order valence-corrected chi connectivity index (χ1v) is 8.41. The zero-order valence-electron chi connectivity index (χ0n) is 14.7. The van der Waals surface area contributed by atoms with Crippen molar-refractivity contribution in [1.82, 2.24) is 10.2 Å². The van der Waals surface area contributed by atoms with Crippen LogP contribution in [0.15, 0.2) is 34.2 Å². The number of hydrogen-bond acceptors (Lipinski definition) is 6. The molecule has 1 aliphatic carbocycles. The van der Waals surface area contributed by atoms with E-state index in [-0.39, 0.29) is 5.92 Å². The van der Waals surface area contributed by atoms with Gasteiger partial charge in [-0.3, -0.25) is 4.99 Å². The van der Waals surface area contributed by atoms with E-state index in [1.165, 1.54) is 33.1 Å². The van der Waals surface area contributed by atoms with Crippen LogP contribution in [-0.4, -0.2) is 52.7 Å². The van der Waals surface area contributed by atoms with Gasteiger partial charge in [0.25, 0.3) is 0 Å². The molecule has 0 aromatic carbocycles. The highest BCUT2D eigenvalue weighted by Crippen LogP contribution is 2.33. The molecule has 3 atom stereocenters. The third-order valence-corrected chi connectivity index (χ3v) is 4.25. The van der Waals surface area contributed by atoms with E-state index < -0.39 is 5.79 Å². The van der Waals surface area contributed by atoms with E-state index >= 15 is 0 Å². The normalized spacial score (nSPS) is 30.4. The number of nitrogens with one attached hydrogen (secondary N) is 1. The fourth-order valence-electron chi connectivity index (χ4n) is 3.14. The van der Waals surface area contributed by atoms with Crippen LogP contribution in [0, 0.1) is 11.8 Å². The zero-order valence-corrected chi connectivity index (χ0v) is 14.7. The topological polar surface area (TPSA) is 106 Å². The highest BCUT2D eigenvalue weighted by Gasteiger charge is 2.31. The summed E-state index contributed by atoms with van der Waals surface area (Å²) in [4.78, 5) is 11.1. The summed E-state index contributed by atoms with van der Waals surface area (Å²) in [5.74, 6) is 1.35. The first-order chi connectivity index (χ1) is 11.3. The van der Waals surface area contributed by atoms with Crippen molar-refractivity contribution in [2.45, 2.75) is 44.9 Å². The molecule has 24 heavy (non-hydrogen) atoms. The molecule has 0 amide bonds. The van der Waals surface area contributed by atoms with E-state index in [1.54, 1.807) is 13.4 Å². The van der Waals surface area contributed by atoms with E-state index in [0.717, 1.165) is 18.2 Å². The quantitative estimate of drug-likeness (QED) is 0.558. The van der Waals surface area contributed by atoms with Crippen LogP contribution in [0.1, 0.15) is 33.1 Å². The molecule has 1 fully saturated rings. The number of aliphatic hydroxyl groups is 2. The predicted octanol–water partition coefficient (Wildman–Crippen LogP) is 0.768. The minimum Gasteiger partial charge on any atom is -0.366 e. The molecular weight excluding hydrogens is 306 g/mol. The van der Waals surface area contributed by atoms with Crippen LogP contribution in [0.3, 0.4) is 0 Å². The molecule has 1 saturated carbocycles. The Kier molecular flexibility index (Phi) is 6.15. The minimum atomic E-state index is -1.50. The van der Waals surface area contributed by atoms with Crippen LogP contribution in [0.25, 0.3) is 0 Å². The molecule has 7 heteroatoms. The number of nitrogens with two attached hydrogens (primary N) is 1. The fourth-order valence-corrected chi connectivity index (χ4v) is 3.14. The Morgan fingerprint density at radius 3 is 2.71 bits per heavy atom. The van der Waals surface area contributed by atoms with E-state index in [0.29, 0.717) is 12.0 Å². The first-order valence-electron chi connectivity index (χ1n) is 8.41. The molecule has 0 aromatic rings. The number of rotatable bonds is 2. The average molecular weight is 335 g/mol. The van der Waals surface area contributed by atoms with Crippen molar-refractivity contribution in [3.63, 3.8) is 0 Å². The van der Waals surface area contributed by atoms with Crippen molar-refractivity contribution in [2.75, 3.05) is 13.6 Å². The van der Waals surface area contributed by atoms with Gasteiger partial charge < -0.3 is 26.2 Å². The molecule has 0 radical (unpaired) electrons. The van der Waals surface area contributed by atoms with Crippen LogP contribution in [0.2, 0.25) is 0 Å². The predicted molar refractivity (Wildman–Crippen MR) is 96.2 cm³/mol. The monoisotopic (exact) mass is 335 g/mol. The maximum absolute atomic E-state index is 8.08. The van der Waals surface area contributed by atoms with Crippen LogP contribution in [-0.2, 0) is 0 Å². The first kappa shape index (κ1) is 18.6. The summed E-state index contributed by atoms with van der Waals surface area (Å²) in [6, 6.07) is 0.536. The number of fused-ring (bicyclic) bond motifs is 1. The molecular formula is C17H29N5O2. The second-order valence-corrected chi connectivity index (χ2v) is 6.87. The highest BCUT2D eigenvalue weighted by atomic mass is 16.5. The van der Waals surface area contributed by atoms with E-state index in [4.69, 9.17) is 15.9 Å². The lowest BCUT2D eigenvalue weighted by Gasteiger charge is -2.30. The summed E-state index contributed by atoms with van der Waals surface area (Å²) < 4.78 is 0. The van der Waals surface area contributed by atoms with Crippen molar-refractivity contribution < 1.29 is 10.2 Å². The van der Waals surface area contributed by atoms with Crippen molar-refractivity contribution in [3.8, 4) is 0 Å². The summed E-state index contributed by atoms with van der Waals surface area (Å²) in [5, 5.41) is 19.3. The van der Waals surface area contributed by atoms with Gasteiger partial charge in [-0.2, -0.15) is 0 Å². The van der Waals surface area contributed by atoms with Gasteiger partial charge in [-0.25, -0.2) is 4.99 Å². The lowest BCUT2D eigenvalue weighted by atomic mass is 10.0. The average Bonchev–Trinajstić information content (AvgIpc) is 2.92. The van der Waals surface area contributed by atoms with Gasteiger partial charge in [-0.1, -0.05) is 6.08 Å². The summed E-state index contributed by atoms with van der Waals surface area (Å²) >= 11 is 0. The Hall–Kier alpha value is -1.70.